The van der Waals surface area contributed by atoms with Gasteiger partial charge in [-0.3, -0.25) is 9.59 Å². The van der Waals surface area contributed by atoms with Crippen molar-refractivity contribution in [2.24, 2.45) is 0 Å². The van der Waals surface area contributed by atoms with Crippen LogP contribution in [0.25, 0.3) is 0 Å². The van der Waals surface area contributed by atoms with Crippen LogP contribution in [-0.4, -0.2) is 24.0 Å². The molecule has 120 valence electrons. The Morgan fingerprint density at radius 3 is 2.39 bits per heavy atom. The SMILES string of the molecule is CCN(C(=O)CSc1ccc(C(C)=O)cc1F)c1ccccc1. The summed E-state index contributed by atoms with van der Waals surface area (Å²) >= 11 is 1.14. The topological polar surface area (TPSA) is 37.4 Å². The van der Waals surface area contributed by atoms with E-state index in [4.69, 9.17) is 0 Å². The van der Waals surface area contributed by atoms with Crippen molar-refractivity contribution in [3.8, 4) is 0 Å². The normalized spacial score (nSPS) is 10.4. The zero-order valence-corrected chi connectivity index (χ0v) is 13.9. The molecule has 2 aromatic rings. The highest BCUT2D eigenvalue weighted by molar-refractivity contribution is 8.00. The fraction of sp³-hybridized carbons (Fsp3) is 0.222. The van der Waals surface area contributed by atoms with Crippen LogP contribution in [0.3, 0.4) is 0 Å². The summed E-state index contributed by atoms with van der Waals surface area (Å²) in [4.78, 5) is 25.6. The number of nitrogens with zero attached hydrogens (tertiary/aromatic N) is 1. The molecule has 0 bridgehead atoms. The number of hydrogen-bond donors (Lipinski definition) is 0. The Hall–Kier alpha value is -2.14. The Labute approximate surface area is 139 Å². The van der Waals surface area contributed by atoms with Crippen LogP contribution in [0, 0.1) is 5.82 Å². The molecule has 0 aliphatic heterocycles. The van der Waals surface area contributed by atoms with Gasteiger partial charge in [0.25, 0.3) is 0 Å². The number of rotatable bonds is 6. The smallest absolute Gasteiger partial charge is 0.237 e. The van der Waals surface area contributed by atoms with Crippen molar-refractivity contribution in [2.45, 2.75) is 18.7 Å². The Balaban J connectivity index is 2.05. The average molecular weight is 331 g/mol. The maximum absolute atomic E-state index is 14.0. The standard InChI is InChI=1S/C18H18FNO2S/c1-3-20(15-7-5-4-6-8-15)18(22)12-23-17-10-9-14(13(2)21)11-16(17)19/h4-11H,3,12H2,1-2H3. The van der Waals surface area contributed by atoms with Crippen molar-refractivity contribution < 1.29 is 14.0 Å². The summed E-state index contributed by atoms with van der Waals surface area (Å²) in [5.41, 5.74) is 1.16. The summed E-state index contributed by atoms with van der Waals surface area (Å²) in [6.45, 7) is 3.84. The van der Waals surface area contributed by atoms with Gasteiger partial charge in [0.05, 0.1) is 5.75 Å². The number of carbonyl (C=O) groups is 2. The van der Waals surface area contributed by atoms with Gasteiger partial charge < -0.3 is 4.90 Å². The van der Waals surface area contributed by atoms with Gasteiger partial charge in [0.1, 0.15) is 5.82 Å². The molecule has 3 nitrogen and oxygen atoms in total. The molecule has 1 amide bonds. The van der Waals surface area contributed by atoms with Crippen LogP contribution < -0.4 is 4.90 Å². The highest BCUT2D eigenvalue weighted by Gasteiger charge is 2.15. The maximum atomic E-state index is 14.0. The van der Waals surface area contributed by atoms with Crippen molar-refractivity contribution >= 4 is 29.1 Å². The van der Waals surface area contributed by atoms with Crippen molar-refractivity contribution in [1.82, 2.24) is 0 Å². The van der Waals surface area contributed by atoms with E-state index in [-0.39, 0.29) is 17.4 Å². The van der Waals surface area contributed by atoms with Gasteiger partial charge in [-0.2, -0.15) is 0 Å². The molecule has 0 aliphatic rings. The molecular weight excluding hydrogens is 313 g/mol. The zero-order valence-electron chi connectivity index (χ0n) is 13.1. The number of anilines is 1. The lowest BCUT2D eigenvalue weighted by molar-refractivity contribution is -0.116. The minimum absolute atomic E-state index is 0.0845. The molecule has 0 saturated carbocycles. The molecule has 0 N–H and O–H groups in total. The predicted molar refractivity (Wildman–Crippen MR) is 91.6 cm³/mol. The van der Waals surface area contributed by atoms with E-state index in [0.29, 0.717) is 17.0 Å². The van der Waals surface area contributed by atoms with Crippen LogP contribution in [-0.2, 0) is 4.79 Å². The third-order valence-electron chi connectivity index (χ3n) is 3.37. The summed E-state index contributed by atoms with van der Waals surface area (Å²) in [5, 5.41) is 0. The summed E-state index contributed by atoms with van der Waals surface area (Å²) in [7, 11) is 0. The Kier molecular flexibility index (Phi) is 5.93. The molecule has 0 aromatic heterocycles. The van der Waals surface area contributed by atoms with Crippen LogP contribution in [0.5, 0.6) is 0 Å². The van der Waals surface area contributed by atoms with E-state index >= 15 is 0 Å². The lowest BCUT2D eigenvalue weighted by atomic mass is 10.1. The van der Waals surface area contributed by atoms with Crippen molar-refractivity contribution in [2.75, 3.05) is 17.2 Å². The lowest BCUT2D eigenvalue weighted by Crippen LogP contribution is -2.32. The fourth-order valence-electron chi connectivity index (χ4n) is 2.17. The Bertz CT molecular complexity index is 703. The highest BCUT2D eigenvalue weighted by Crippen LogP contribution is 2.24. The number of hydrogen-bond acceptors (Lipinski definition) is 3. The molecule has 0 saturated heterocycles. The molecule has 0 fully saturated rings. The molecule has 2 aromatic carbocycles. The number of carbonyl (C=O) groups excluding carboxylic acids is 2. The third-order valence-corrected chi connectivity index (χ3v) is 4.41. The van der Waals surface area contributed by atoms with Crippen LogP contribution in [0.15, 0.2) is 53.4 Å². The molecule has 0 aliphatic carbocycles. The van der Waals surface area contributed by atoms with Crippen molar-refractivity contribution in [1.29, 1.82) is 0 Å². The van der Waals surface area contributed by atoms with Gasteiger partial charge in [-0.15, -0.1) is 11.8 Å². The molecule has 23 heavy (non-hydrogen) atoms. The van der Waals surface area contributed by atoms with Gasteiger partial charge >= 0.3 is 0 Å². The molecule has 0 heterocycles. The van der Waals surface area contributed by atoms with E-state index in [0.717, 1.165) is 17.4 Å². The largest absolute Gasteiger partial charge is 0.312 e. The summed E-state index contributed by atoms with van der Waals surface area (Å²) < 4.78 is 14.0. The first-order valence-electron chi connectivity index (χ1n) is 7.31. The van der Waals surface area contributed by atoms with E-state index < -0.39 is 5.82 Å². The second-order valence-corrected chi connectivity index (χ2v) is 5.98. The molecule has 5 heteroatoms. The quantitative estimate of drug-likeness (QED) is 0.589. The predicted octanol–water partition coefficient (Wildman–Crippen LogP) is 4.17. The minimum Gasteiger partial charge on any atom is -0.312 e. The van der Waals surface area contributed by atoms with Crippen molar-refractivity contribution in [3.05, 3.63) is 59.9 Å². The molecule has 0 radical (unpaired) electrons. The van der Waals surface area contributed by atoms with Crippen LogP contribution in [0.1, 0.15) is 24.2 Å². The van der Waals surface area contributed by atoms with E-state index in [1.54, 1.807) is 17.0 Å². The molecule has 0 spiro atoms. The number of halogens is 1. The summed E-state index contributed by atoms with van der Waals surface area (Å²) in [5.74, 6) is -0.603. The number of thioether (sulfide) groups is 1. The number of benzene rings is 2. The fourth-order valence-corrected chi connectivity index (χ4v) is 2.96. The first-order chi connectivity index (χ1) is 11.0. The maximum Gasteiger partial charge on any atom is 0.237 e. The second-order valence-electron chi connectivity index (χ2n) is 4.96. The number of amides is 1. The van der Waals surface area contributed by atoms with Crippen molar-refractivity contribution in [3.63, 3.8) is 0 Å². The average Bonchev–Trinajstić information content (AvgIpc) is 2.55. The Morgan fingerprint density at radius 2 is 1.83 bits per heavy atom. The highest BCUT2D eigenvalue weighted by atomic mass is 32.2. The summed E-state index contributed by atoms with van der Waals surface area (Å²) in [6, 6.07) is 13.7. The van der Waals surface area contributed by atoms with E-state index in [1.165, 1.54) is 13.0 Å². The molecule has 2 rings (SSSR count). The molecular formula is C18H18FNO2S. The summed E-state index contributed by atoms with van der Waals surface area (Å²) in [6.07, 6.45) is 0. The number of para-hydroxylation sites is 1. The van der Waals surface area contributed by atoms with E-state index in [2.05, 4.69) is 0 Å². The second kappa shape index (κ2) is 7.92. The van der Waals surface area contributed by atoms with E-state index in [1.807, 2.05) is 37.3 Å². The lowest BCUT2D eigenvalue weighted by Gasteiger charge is -2.20. The monoisotopic (exact) mass is 331 g/mol. The first-order valence-corrected chi connectivity index (χ1v) is 8.30. The molecule has 0 atom stereocenters. The van der Waals surface area contributed by atoms with Gasteiger partial charge in [0.2, 0.25) is 5.91 Å². The zero-order chi connectivity index (χ0) is 16.8. The van der Waals surface area contributed by atoms with Crippen LogP contribution in [0.2, 0.25) is 0 Å². The van der Waals surface area contributed by atoms with Gasteiger partial charge in [-0.05, 0) is 38.1 Å². The van der Waals surface area contributed by atoms with Gasteiger partial charge in [0, 0.05) is 22.7 Å². The van der Waals surface area contributed by atoms with Gasteiger partial charge in [-0.25, -0.2) is 4.39 Å². The van der Waals surface area contributed by atoms with E-state index in [9.17, 15) is 14.0 Å². The van der Waals surface area contributed by atoms with Crippen LogP contribution >= 0.6 is 11.8 Å². The molecule has 0 unspecified atom stereocenters. The number of ketones is 1. The first kappa shape index (κ1) is 17.2. The number of Topliss-reactive ketones (excluding diaryl/α,β-unsaturated/α-hetero) is 1. The van der Waals surface area contributed by atoms with Gasteiger partial charge in [0.15, 0.2) is 5.78 Å². The Morgan fingerprint density at radius 1 is 1.13 bits per heavy atom. The minimum atomic E-state index is -0.474. The van der Waals surface area contributed by atoms with Gasteiger partial charge in [-0.1, -0.05) is 24.3 Å². The van der Waals surface area contributed by atoms with Crippen LogP contribution in [0.4, 0.5) is 10.1 Å². The third kappa shape index (κ3) is 4.42.